The number of para-hydroxylation sites is 2. The van der Waals surface area contributed by atoms with Gasteiger partial charge in [-0.1, -0.05) is 36.4 Å². The number of fused-ring (bicyclic) bond motifs is 3. The van der Waals surface area contributed by atoms with Gasteiger partial charge in [-0.05, 0) is 44.0 Å². The van der Waals surface area contributed by atoms with Gasteiger partial charge in [0.25, 0.3) is 0 Å². The van der Waals surface area contributed by atoms with E-state index in [9.17, 15) is 0 Å². The lowest BCUT2D eigenvalue weighted by molar-refractivity contribution is 1.29. The second-order valence-corrected chi connectivity index (χ2v) is 6.60. The molecule has 1 nitrogen and oxygen atoms in total. The van der Waals surface area contributed by atoms with Crippen molar-refractivity contribution >= 4 is 59.9 Å². The summed E-state index contributed by atoms with van der Waals surface area (Å²) in [6.07, 6.45) is 2.03. The fourth-order valence-electron chi connectivity index (χ4n) is 2.19. The second-order valence-electron chi connectivity index (χ2n) is 3.82. The lowest BCUT2D eigenvalue weighted by Gasteiger charge is -1.99. The molecule has 0 amide bonds. The molecule has 1 aromatic heterocycles. The third-order valence-electron chi connectivity index (χ3n) is 2.84. The summed E-state index contributed by atoms with van der Waals surface area (Å²) in [5.41, 5.74) is 2.43. The van der Waals surface area contributed by atoms with Crippen LogP contribution in [-0.2, 0) is 0 Å². The van der Waals surface area contributed by atoms with Crippen molar-refractivity contribution in [3.8, 4) is 0 Å². The molecule has 3 aromatic rings. The molecule has 2 aromatic carbocycles. The van der Waals surface area contributed by atoms with E-state index in [0.717, 1.165) is 3.39 Å². The number of nitrogens with zero attached hydrogens (tertiary/aromatic N) is 1. The summed E-state index contributed by atoms with van der Waals surface area (Å²) >= 11 is 6.85. The van der Waals surface area contributed by atoms with Gasteiger partial charge in [0.1, 0.15) is 0 Å². The van der Waals surface area contributed by atoms with Gasteiger partial charge in [-0.3, -0.25) is 0 Å². The van der Waals surface area contributed by atoms with Gasteiger partial charge in [0.05, 0.1) is 14.4 Å². The first-order valence-electron chi connectivity index (χ1n) is 5.28. The maximum Gasteiger partial charge on any atom is 0.0770 e. The standard InChI is InChI=1S/C14H9Br2N/c15-14(16)9-17-12-7-3-1-5-10(12)11-6-2-4-8-13(11)17/h1-9H. The Morgan fingerprint density at radius 1 is 0.824 bits per heavy atom. The first-order valence-corrected chi connectivity index (χ1v) is 6.86. The number of aromatic nitrogens is 1. The van der Waals surface area contributed by atoms with Crippen LogP contribution in [0.2, 0.25) is 0 Å². The molecule has 0 unspecified atom stereocenters. The van der Waals surface area contributed by atoms with E-state index in [1.807, 2.05) is 6.20 Å². The number of halogens is 2. The molecule has 0 aliphatic carbocycles. The maximum atomic E-state index is 3.42. The van der Waals surface area contributed by atoms with Crippen LogP contribution >= 0.6 is 31.9 Å². The predicted octanol–water partition coefficient (Wildman–Crippen LogP) is 5.34. The monoisotopic (exact) mass is 349 g/mol. The van der Waals surface area contributed by atoms with Crippen LogP contribution in [0.25, 0.3) is 28.0 Å². The van der Waals surface area contributed by atoms with E-state index in [4.69, 9.17) is 0 Å². The van der Waals surface area contributed by atoms with Crippen molar-refractivity contribution in [3.63, 3.8) is 0 Å². The van der Waals surface area contributed by atoms with Crippen LogP contribution in [0.15, 0.2) is 51.9 Å². The van der Waals surface area contributed by atoms with Crippen LogP contribution in [0.5, 0.6) is 0 Å². The largest absolute Gasteiger partial charge is 0.314 e. The molecule has 0 atom stereocenters. The zero-order chi connectivity index (χ0) is 11.8. The van der Waals surface area contributed by atoms with Crippen LogP contribution in [-0.4, -0.2) is 4.57 Å². The maximum absolute atomic E-state index is 3.42. The average molecular weight is 351 g/mol. The summed E-state index contributed by atoms with van der Waals surface area (Å²) in [4.78, 5) is 0. The van der Waals surface area contributed by atoms with Gasteiger partial charge >= 0.3 is 0 Å². The van der Waals surface area contributed by atoms with Gasteiger partial charge in [0, 0.05) is 17.0 Å². The molecular weight excluding hydrogens is 342 g/mol. The van der Waals surface area contributed by atoms with E-state index < -0.39 is 0 Å². The molecule has 0 aliphatic heterocycles. The normalized spacial score (nSPS) is 10.9. The molecule has 0 aliphatic rings. The summed E-state index contributed by atoms with van der Waals surface area (Å²) in [6.45, 7) is 0. The van der Waals surface area contributed by atoms with Crippen LogP contribution in [0, 0.1) is 0 Å². The van der Waals surface area contributed by atoms with Crippen LogP contribution in [0.3, 0.4) is 0 Å². The van der Waals surface area contributed by atoms with Crippen LogP contribution in [0.1, 0.15) is 0 Å². The SMILES string of the molecule is BrC(Br)=Cn1c2ccccc2c2ccccc21. The molecule has 0 bridgehead atoms. The predicted molar refractivity (Wildman–Crippen MR) is 81.6 cm³/mol. The highest BCUT2D eigenvalue weighted by Crippen LogP contribution is 2.30. The summed E-state index contributed by atoms with van der Waals surface area (Å²) in [5.74, 6) is 0. The molecule has 0 saturated heterocycles. The van der Waals surface area contributed by atoms with Crippen LogP contribution < -0.4 is 0 Å². The summed E-state index contributed by atoms with van der Waals surface area (Å²) in [6, 6.07) is 16.9. The van der Waals surface area contributed by atoms with E-state index in [2.05, 4.69) is 85.0 Å². The van der Waals surface area contributed by atoms with Crippen molar-refractivity contribution < 1.29 is 0 Å². The van der Waals surface area contributed by atoms with Gasteiger partial charge in [-0.15, -0.1) is 0 Å². The molecule has 1 heterocycles. The van der Waals surface area contributed by atoms with E-state index in [1.54, 1.807) is 0 Å². The Bertz CT molecular complexity index is 668. The first-order chi connectivity index (χ1) is 8.27. The molecule has 3 rings (SSSR count). The molecule has 0 fully saturated rings. The first kappa shape index (κ1) is 11.1. The van der Waals surface area contributed by atoms with Crippen molar-refractivity contribution in [1.29, 1.82) is 0 Å². The molecule has 3 heteroatoms. The molecule has 84 valence electrons. The fraction of sp³-hybridized carbons (Fsp3) is 0. The third kappa shape index (κ3) is 1.83. The molecule has 0 saturated carbocycles. The second kappa shape index (κ2) is 4.31. The van der Waals surface area contributed by atoms with E-state index in [-0.39, 0.29) is 0 Å². The molecule has 0 N–H and O–H groups in total. The lowest BCUT2D eigenvalue weighted by Crippen LogP contribution is -1.84. The number of benzene rings is 2. The zero-order valence-electron chi connectivity index (χ0n) is 8.90. The Balaban J connectivity index is 2.55. The highest BCUT2D eigenvalue weighted by atomic mass is 79.9. The summed E-state index contributed by atoms with van der Waals surface area (Å²) in [7, 11) is 0. The Morgan fingerprint density at radius 2 is 1.29 bits per heavy atom. The lowest BCUT2D eigenvalue weighted by atomic mass is 10.2. The van der Waals surface area contributed by atoms with E-state index in [1.165, 1.54) is 21.8 Å². The smallest absolute Gasteiger partial charge is 0.0770 e. The Labute approximate surface area is 116 Å². The van der Waals surface area contributed by atoms with Crippen molar-refractivity contribution in [2.75, 3.05) is 0 Å². The highest BCUT2D eigenvalue weighted by molar-refractivity contribution is 9.28. The topological polar surface area (TPSA) is 4.93 Å². The Kier molecular flexibility index (Phi) is 2.81. The zero-order valence-corrected chi connectivity index (χ0v) is 12.1. The Morgan fingerprint density at radius 3 is 1.76 bits per heavy atom. The van der Waals surface area contributed by atoms with Crippen molar-refractivity contribution in [1.82, 2.24) is 4.57 Å². The molecular formula is C14H9Br2N. The van der Waals surface area contributed by atoms with Gasteiger partial charge in [-0.25, -0.2) is 0 Å². The number of rotatable bonds is 1. The van der Waals surface area contributed by atoms with E-state index in [0.29, 0.717) is 0 Å². The third-order valence-corrected chi connectivity index (χ3v) is 3.25. The van der Waals surface area contributed by atoms with Crippen molar-refractivity contribution in [2.24, 2.45) is 0 Å². The quantitative estimate of drug-likeness (QED) is 0.558. The van der Waals surface area contributed by atoms with Crippen molar-refractivity contribution in [2.45, 2.75) is 0 Å². The van der Waals surface area contributed by atoms with Gasteiger partial charge in [0.2, 0.25) is 0 Å². The minimum atomic E-state index is 0.927. The number of hydrogen-bond acceptors (Lipinski definition) is 0. The van der Waals surface area contributed by atoms with E-state index >= 15 is 0 Å². The summed E-state index contributed by atoms with van der Waals surface area (Å²) < 4.78 is 3.11. The van der Waals surface area contributed by atoms with Crippen LogP contribution in [0.4, 0.5) is 0 Å². The van der Waals surface area contributed by atoms with Crippen molar-refractivity contribution in [3.05, 3.63) is 51.9 Å². The minimum Gasteiger partial charge on any atom is -0.314 e. The number of hydrogen-bond donors (Lipinski definition) is 0. The Hall–Kier alpha value is -1.06. The van der Waals surface area contributed by atoms with Gasteiger partial charge in [0.15, 0.2) is 0 Å². The average Bonchev–Trinajstić information content (AvgIpc) is 2.65. The van der Waals surface area contributed by atoms with Gasteiger partial charge < -0.3 is 4.57 Å². The molecule has 0 radical (unpaired) electrons. The van der Waals surface area contributed by atoms with Gasteiger partial charge in [-0.2, -0.15) is 0 Å². The molecule has 17 heavy (non-hydrogen) atoms. The highest BCUT2D eigenvalue weighted by Gasteiger charge is 2.07. The minimum absolute atomic E-state index is 0.927. The summed E-state index contributed by atoms with van der Waals surface area (Å²) in [5, 5.41) is 2.56. The molecule has 0 spiro atoms. The fourth-order valence-corrected chi connectivity index (χ4v) is 2.60.